The lowest BCUT2D eigenvalue weighted by Gasteiger charge is -2.14. The van der Waals surface area contributed by atoms with E-state index in [9.17, 15) is 4.79 Å². The lowest BCUT2D eigenvalue weighted by molar-refractivity contribution is 0.102. The molecule has 0 saturated carbocycles. The van der Waals surface area contributed by atoms with Gasteiger partial charge in [0, 0.05) is 27.0 Å². The highest BCUT2D eigenvalue weighted by Crippen LogP contribution is 2.29. The Kier molecular flexibility index (Phi) is 4.53. The summed E-state index contributed by atoms with van der Waals surface area (Å²) in [4.78, 5) is 12.3. The van der Waals surface area contributed by atoms with Crippen molar-refractivity contribution in [2.45, 2.75) is 13.8 Å². The average molecular weight is 349 g/mol. The van der Waals surface area contributed by atoms with Crippen LogP contribution in [0.15, 0.2) is 34.8 Å². The summed E-state index contributed by atoms with van der Waals surface area (Å²) >= 11 is 3.32. The van der Waals surface area contributed by atoms with Gasteiger partial charge in [-0.05, 0) is 59.6 Å². The number of aryl methyl sites for hydroxylation is 1. The van der Waals surface area contributed by atoms with Gasteiger partial charge in [-0.1, -0.05) is 6.07 Å². The lowest BCUT2D eigenvalue weighted by Crippen LogP contribution is -2.13. The summed E-state index contributed by atoms with van der Waals surface area (Å²) in [5, 5.41) is 2.89. The Morgan fingerprint density at radius 2 is 1.95 bits per heavy atom. The minimum Gasteiger partial charge on any atom is -0.496 e. The largest absolute Gasteiger partial charge is 0.496 e. The molecule has 0 saturated heterocycles. The second-order valence-electron chi connectivity index (χ2n) is 4.78. The molecule has 0 aliphatic carbocycles. The van der Waals surface area contributed by atoms with E-state index in [1.165, 1.54) is 0 Å². The normalized spacial score (nSPS) is 10.3. The van der Waals surface area contributed by atoms with Crippen LogP contribution in [0.1, 0.15) is 21.5 Å². The molecule has 0 aromatic heterocycles. The van der Waals surface area contributed by atoms with Gasteiger partial charge in [-0.3, -0.25) is 4.79 Å². The summed E-state index contributed by atoms with van der Waals surface area (Å²) in [6.07, 6.45) is 0. The summed E-state index contributed by atoms with van der Waals surface area (Å²) < 4.78 is 6.07. The number of nitrogen functional groups attached to an aromatic ring is 1. The number of rotatable bonds is 3. The number of ether oxygens (including phenoxy) is 1. The average Bonchev–Trinajstić information content (AvgIpc) is 2.45. The number of nitrogens with one attached hydrogen (secondary N) is 1. The zero-order chi connectivity index (χ0) is 15.6. The number of carbonyl (C=O) groups excluding carboxylic acids is 1. The van der Waals surface area contributed by atoms with Gasteiger partial charge >= 0.3 is 0 Å². The first-order valence-corrected chi connectivity index (χ1v) is 7.24. The molecule has 0 radical (unpaired) electrons. The Labute approximate surface area is 132 Å². The lowest BCUT2D eigenvalue weighted by atomic mass is 10.1. The third-order valence-corrected chi connectivity index (χ3v) is 4.00. The number of carbonyl (C=O) groups is 1. The molecule has 2 rings (SSSR count). The van der Waals surface area contributed by atoms with Gasteiger partial charge in [0.05, 0.1) is 7.11 Å². The number of amides is 1. The molecule has 3 N–H and O–H groups in total. The molecule has 0 spiro atoms. The fourth-order valence-electron chi connectivity index (χ4n) is 2.14. The van der Waals surface area contributed by atoms with E-state index in [4.69, 9.17) is 10.5 Å². The van der Waals surface area contributed by atoms with Crippen LogP contribution in [0.25, 0.3) is 0 Å². The Morgan fingerprint density at radius 3 is 2.57 bits per heavy atom. The van der Waals surface area contributed by atoms with E-state index in [1.807, 2.05) is 26.0 Å². The van der Waals surface area contributed by atoms with Crippen molar-refractivity contribution in [1.82, 2.24) is 0 Å². The summed E-state index contributed by atoms with van der Waals surface area (Å²) in [6.45, 7) is 3.88. The first-order chi connectivity index (χ1) is 9.93. The predicted molar refractivity (Wildman–Crippen MR) is 89.0 cm³/mol. The van der Waals surface area contributed by atoms with E-state index in [0.717, 1.165) is 22.6 Å². The van der Waals surface area contributed by atoms with Gasteiger partial charge in [0.1, 0.15) is 5.75 Å². The van der Waals surface area contributed by atoms with Crippen LogP contribution >= 0.6 is 15.9 Å². The van der Waals surface area contributed by atoms with Gasteiger partial charge in [0.25, 0.3) is 5.91 Å². The van der Waals surface area contributed by atoms with Crippen LogP contribution in [0.4, 0.5) is 11.4 Å². The number of hydrogen-bond donors (Lipinski definition) is 2. The molecule has 4 nitrogen and oxygen atoms in total. The Balaban J connectivity index is 2.29. The summed E-state index contributed by atoms with van der Waals surface area (Å²) in [5.41, 5.74) is 9.52. The van der Waals surface area contributed by atoms with Gasteiger partial charge < -0.3 is 15.8 Å². The maximum Gasteiger partial charge on any atom is 0.255 e. The molecule has 21 heavy (non-hydrogen) atoms. The maximum atomic E-state index is 12.3. The van der Waals surface area contributed by atoms with Gasteiger partial charge in [-0.2, -0.15) is 0 Å². The minimum absolute atomic E-state index is 0.190. The van der Waals surface area contributed by atoms with Crippen molar-refractivity contribution in [3.8, 4) is 5.75 Å². The molecule has 110 valence electrons. The second kappa shape index (κ2) is 6.18. The molecule has 0 aliphatic heterocycles. The van der Waals surface area contributed by atoms with Gasteiger partial charge in [-0.25, -0.2) is 0 Å². The molecular formula is C16H17BrN2O2. The van der Waals surface area contributed by atoms with E-state index in [-0.39, 0.29) is 5.91 Å². The molecule has 0 bridgehead atoms. The number of anilines is 2. The first-order valence-electron chi connectivity index (χ1n) is 6.44. The number of methoxy groups -OCH3 is 1. The Bertz CT molecular complexity index is 699. The molecule has 0 unspecified atom stereocenters. The van der Waals surface area contributed by atoms with Gasteiger partial charge in [0.2, 0.25) is 0 Å². The highest BCUT2D eigenvalue weighted by Gasteiger charge is 2.12. The third kappa shape index (κ3) is 3.19. The van der Waals surface area contributed by atoms with Crippen LogP contribution in [0.5, 0.6) is 5.75 Å². The Morgan fingerprint density at radius 1 is 1.24 bits per heavy atom. The predicted octanol–water partition coefficient (Wildman–Crippen LogP) is 3.91. The molecule has 2 aromatic rings. The first kappa shape index (κ1) is 15.4. The van der Waals surface area contributed by atoms with E-state index < -0.39 is 0 Å². The van der Waals surface area contributed by atoms with Crippen molar-refractivity contribution in [1.29, 1.82) is 0 Å². The minimum atomic E-state index is -0.190. The van der Waals surface area contributed by atoms with Crippen LogP contribution in [0, 0.1) is 13.8 Å². The molecule has 0 heterocycles. The Hall–Kier alpha value is -2.01. The van der Waals surface area contributed by atoms with Crippen molar-refractivity contribution in [3.05, 3.63) is 51.5 Å². The van der Waals surface area contributed by atoms with Crippen LogP contribution in [-0.2, 0) is 0 Å². The molecule has 2 aromatic carbocycles. The molecule has 5 heteroatoms. The smallest absolute Gasteiger partial charge is 0.255 e. The monoisotopic (exact) mass is 348 g/mol. The van der Waals surface area contributed by atoms with Crippen molar-refractivity contribution in [3.63, 3.8) is 0 Å². The number of halogens is 1. The van der Waals surface area contributed by atoms with Crippen LogP contribution in [0.2, 0.25) is 0 Å². The van der Waals surface area contributed by atoms with Crippen molar-refractivity contribution in [2.75, 3.05) is 18.2 Å². The van der Waals surface area contributed by atoms with Crippen LogP contribution in [-0.4, -0.2) is 13.0 Å². The standard InChI is InChI=1S/C16H17BrN2O2/c1-9-4-7-14(10(2)15(9)21-3)19-16(20)11-5-6-13(18)12(17)8-11/h4-8H,18H2,1-3H3,(H,19,20). The fourth-order valence-corrected chi connectivity index (χ4v) is 2.52. The SMILES string of the molecule is COc1c(C)ccc(NC(=O)c2ccc(N)c(Br)c2)c1C. The van der Waals surface area contributed by atoms with Crippen molar-refractivity contribution >= 4 is 33.2 Å². The topological polar surface area (TPSA) is 64.3 Å². The summed E-state index contributed by atoms with van der Waals surface area (Å²) in [7, 11) is 1.62. The highest BCUT2D eigenvalue weighted by atomic mass is 79.9. The van der Waals surface area contributed by atoms with Crippen molar-refractivity contribution in [2.24, 2.45) is 0 Å². The van der Waals surface area contributed by atoms with E-state index in [0.29, 0.717) is 15.7 Å². The zero-order valence-corrected chi connectivity index (χ0v) is 13.7. The van der Waals surface area contributed by atoms with E-state index >= 15 is 0 Å². The number of hydrogen-bond acceptors (Lipinski definition) is 3. The zero-order valence-electron chi connectivity index (χ0n) is 12.2. The van der Waals surface area contributed by atoms with Gasteiger partial charge in [-0.15, -0.1) is 0 Å². The third-order valence-electron chi connectivity index (χ3n) is 3.32. The quantitative estimate of drug-likeness (QED) is 0.826. The molecule has 0 atom stereocenters. The van der Waals surface area contributed by atoms with Crippen LogP contribution in [0.3, 0.4) is 0 Å². The molecule has 0 aliphatic rings. The second-order valence-corrected chi connectivity index (χ2v) is 5.63. The number of benzene rings is 2. The van der Waals surface area contributed by atoms with E-state index in [2.05, 4.69) is 21.2 Å². The van der Waals surface area contributed by atoms with Gasteiger partial charge in [0.15, 0.2) is 0 Å². The molecular weight excluding hydrogens is 332 g/mol. The fraction of sp³-hybridized carbons (Fsp3) is 0.188. The van der Waals surface area contributed by atoms with Crippen LogP contribution < -0.4 is 15.8 Å². The molecule has 1 amide bonds. The van der Waals surface area contributed by atoms with Crippen molar-refractivity contribution < 1.29 is 9.53 Å². The molecule has 0 fully saturated rings. The van der Waals surface area contributed by atoms with E-state index in [1.54, 1.807) is 25.3 Å². The highest BCUT2D eigenvalue weighted by molar-refractivity contribution is 9.10. The summed E-state index contributed by atoms with van der Waals surface area (Å²) in [6, 6.07) is 8.88. The summed E-state index contributed by atoms with van der Waals surface area (Å²) in [5.74, 6) is 0.594. The maximum absolute atomic E-state index is 12.3. The number of nitrogens with two attached hydrogens (primary N) is 1.